The van der Waals surface area contributed by atoms with Gasteiger partial charge in [0.2, 0.25) is 0 Å². The molecule has 3 heterocycles. The van der Waals surface area contributed by atoms with Crippen LogP contribution in [0.15, 0.2) is 140 Å². The molecule has 0 radical (unpaired) electrons. The van der Waals surface area contributed by atoms with E-state index in [1.807, 2.05) is 17.4 Å². The summed E-state index contributed by atoms with van der Waals surface area (Å²) in [5.74, 6) is 0.746. The minimum atomic E-state index is -0.270. The molecule has 1 aliphatic carbocycles. The summed E-state index contributed by atoms with van der Waals surface area (Å²) in [7, 11) is 0. The summed E-state index contributed by atoms with van der Waals surface area (Å²) in [5, 5.41) is 5.20. The van der Waals surface area contributed by atoms with Gasteiger partial charge in [-0.1, -0.05) is 129 Å². The van der Waals surface area contributed by atoms with Gasteiger partial charge in [-0.15, -0.1) is 11.3 Å². The topological polar surface area (TPSA) is 30.7 Å². The monoisotopic (exact) mass is 619 g/mol. The van der Waals surface area contributed by atoms with Gasteiger partial charge in [0.15, 0.2) is 5.82 Å². The molecule has 0 unspecified atom stereocenters. The molecule has 4 heteroatoms. The third-order valence-corrected chi connectivity index (χ3v) is 11.2. The number of thiophene rings is 1. The summed E-state index contributed by atoms with van der Waals surface area (Å²) < 4.78 is 5.11. The van der Waals surface area contributed by atoms with Gasteiger partial charge in [-0.05, 0) is 29.8 Å². The van der Waals surface area contributed by atoms with Gasteiger partial charge in [0, 0.05) is 58.6 Å². The highest BCUT2D eigenvalue weighted by Gasteiger charge is 2.40. The third-order valence-electron chi connectivity index (χ3n) is 10.0. The molecule has 47 heavy (non-hydrogen) atoms. The zero-order valence-electron chi connectivity index (χ0n) is 26.0. The van der Waals surface area contributed by atoms with Gasteiger partial charge in [-0.25, -0.2) is 9.97 Å². The second-order valence-electron chi connectivity index (χ2n) is 13.0. The van der Waals surface area contributed by atoms with Crippen molar-refractivity contribution in [1.82, 2.24) is 14.5 Å². The van der Waals surface area contributed by atoms with Crippen molar-refractivity contribution in [2.75, 3.05) is 0 Å². The average Bonchev–Trinajstić information content (AvgIpc) is 3.74. The maximum absolute atomic E-state index is 5.45. The van der Waals surface area contributed by atoms with E-state index >= 15 is 0 Å². The van der Waals surface area contributed by atoms with Crippen LogP contribution in [-0.4, -0.2) is 14.5 Å². The zero-order valence-corrected chi connectivity index (χ0v) is 26.8. The Morgan fingerprint density at radius 3 is 2.06 bits per heavy atom. The van der Waals surface area contributed by atoms with E-state index < -0.39 is 0 Å². The van der Waals surface area contributed by atoms with Gasteiger partial charge in [0.05, 0.1) is 28.1 Å². The summed E-state index contributed by atoms with van der Waals surface area (Å²) in [4.78, 5) is 10.7. The largest absolute Gasteiger partial charge is 0.309 e. The molecular formula is C43H29N3S. The van der Waals surface area contributed by atoms with E-state index in [0.29, 0.717) is 0 Å². The average molecular weight is 620 g/mol. The molecule has 0 atom stereocenters. The van der Waals surface area contributed by atoms with Crippen LogP contribution in [0.25, 0.3) is 81.6 Å². The summed E-state index contributed by atoms with van der Waals surface area (Å²) in [6.45, 7) is 4.63. The van der Waals surface area contributed by atoms with Gasteiger partial charge in [0.25, 0.3) is 0 Å². The number of nitrogens with zero attached hydrogens (tertiary/aromatic N) is 3. The van der Waals surface area contributed by atoms with Crippen molar-refractivity contribution >= 4 is 53.3 Å². The van der Waals surface area contributed by atoms with Crippen LogP contribution >= 0.6 is 11.3 Å². The zero-order chi connectivity index (χ0) is 31.3. The highest BCUT2D eigenvalue weighted by Crippen LogP contribution is 2.52. The molecule has 0 saturated heterocycles. The van der Waals surface area contributed by atoms with E-state index in [4.69, 9.17) is 9.97 Å². The number of hydrogen-bond donors (Lipinski definition) is 0. The number of fused-ring (bicyclic) bond motifs is 10. The van der Waals surface area contributed by atoms with Gasteiger partial charge in [0.1, 0.15) is 0 Å². The predicted octanol–water partition coefficient (Wildman–Crippen LogP) is 11.6. The Hall–Kier alpha value is -5.58. The maximum Gasteiger partial charge on any atom is 0.160 e. The molecule has 9 aromatic rings. The number of aromatic nitrogens is 3. The Balaban J connectivity index is 1.32. The molecule has 0 spiro atoms. The maximum atomic E-state index is 5.45. The number of hydrogen-bond acceptors (Lipinski definition) is 3. The van der Waals surface area contributed by atoms with Crippen molar-refractivity contribution in [3.8, 4) is 39.6 Å². The SMILES string of the molecule is CC1(C)c2ccccc2-c2nc(-c3ccccc3)nc(-c3ccccc3-n3c4ccccc4c4c5sc6ccccc6c5ccc43)c21. The first-order chi connectivity index (χ1) is 23.1. The molecule has 0 aliphatic heterocycles. The van der Waals surface area contributed by atoms with Gasteiger partial charge >= 0.3 is 0 Å². The van der Waals surface area contributed by atoms with E-state index in [9.17, 15) is 0 Å². The van der Waals surface area contributed by atoms with Gasteiger partial charge in [-0.2, -0.15) is 0 Å². The van der Waals surface area contributed by atoms with Crippen LogP contribution in [-0.2, 0) is 5.41 Å². The van der Waals surface area contributed by atoms with Crippen LogP contribution in [0.4, 0.5) is 0 Å². The highest BCUT2D eigenvalue weighted by atomic mass is 32.1. The highest BCUT2D eigenvalue weighted by molar-refractivity contribution is 7.26. The standard InChI is InChI=1S/C43H29N3S/c1-43(2)32-20-10-6-17-29(32)39-38(43)40(45-42(44-39)26-14-4-3-5-15-26)31-19-8-12-22-34(31)46-33-21-11-7-18-30(33)37-35(46)25-24-28-27-16-9-13-23-36(27)47-41(28)37/h3-25H,1-2H3. The number of rotatable bonds is 3. The second-order valence-corrected chi connectivity index (χ2v) is 14.0. The van der Waals surface area contributed by atoms with Crippen molar-refractivity contribution in [3.63, 3.8) is 0 Å². The van der Waals surface area contributed by atoms with Crippen molar-refractivity contribution in [2.45, 2.75) is 19.3 Å². The lowest BCUT2D eigenvalue weighted by Gasteiger charge is -2.25. The van der Waals surface area contributed by atoms with E-state index in [2.05, 4.69) is 152 Å². The van der Waals surface area contributed by atoms with Crippen molar-refractivity contribution in [2.24, 2.45) is 0 Å². The van der Waals surface area contributed by atoms with E-state index in [-0.39, 0.29) is 5.41 Å². The van der Waals surface area contributed by atoms with Gasteiger partial charge in [-0.3, -0.25) is 0 Å². The summed E-state index contributed by atoms with van der Waals surface area (Å²) >= 11 is 1.89. The first kappa shape index (κ1) is 26.6. The fourth-order valence-corrected chi connectivity index (χ4v) is 9.15. The second kappa shape index (κ2) is 9.71. The molecule has 3 nitrogen and oxygen atoms in total. The molecule has 0 amide bonds. The van der Waals surface area contributed by atoms with Crippen LogP contribution in [0.5, 0.6) is 0 Å². The first-order valence-corrected chi connectivity index (χ1v) is 16.9. The van der Waals surface area contributed by atoms with Gasteiger partial charge < -0.3 is 4.57 Å². The fourth-order valence-electron chi connectivity index (χ4n) is 7.89. The Morgan fingerprint density at radius 1 is 0.553 bits per heavy atom. The quantitative estimate of drug-likeness (QED) is 0.197. The van der Waals surface area contributed by atoms with Crippen LogP contribution in [0, 0.1) is 0 Å². The van der Waals surface area contributed by atoms with Crippen molar-refractivity contribution in [3.05, 3.63) is 151 Å². The Bertz CT molecular complexity index is 2710. The number of benzene rings is 6. The molecule has 0 bridgehead atoms. The molecule has 1 aliphatic rings. The van der Waals surface area contributed by atoms with Crippen molar-refractivity contribution < 1.29 is 0 Å². The van der Waals surface area contributed by atoms with Crippen LogP contribution in [0.3, 0.4) is 0 Å². The molecule has 3 aromatic heterocycles. The lowest BCUT2D eigenvalue weighted by Crippen LogP contribution is -2.18. The summed E-state index contributed by atoms with van der Waals surface area (Å²) in [5.41, 5.74) is 11.0. The minimum absolute atomic E-state index is 0.270. The lowest BCUT2D eigenvalue weighted by molar-refractivity contribution is 0.658. The molecule has 10 rings (SSSR count). The van der Waals surface area contributed by atoms with Crippen LogP contribution in [0.1, 0.15) is 25.0 Å². The third kappa shape index (κ3) is 3.67. The first-order valence-electron chi connectivity index (χ1n) is 16.1. The van der Waals surface area contributed by atoms with Crippen molar-refractivity contribution in [1.29, 1.82) is 0 Å². The normalized spacial score (nSPS) is 13.5. The summed E-state index contributed by atoms with van der Waals surface area (Å²) in [6, 6.07) is 50.1. The van der Waals surface area contributed by atoms with E-state index in [1.54, 1.807) is 0 Å². The predicted molar refractivity (Wildman–Crippen MR) is 198 cm³/mol. The fraction of sp³-hybridized carbons (Fsp3) is 0.0698. The molecular weight excluding hydrogens is 591 g/mol. The van der Waals surface area contributed by atoms with Crippen LogP contribution < -0.4 is 0 Å². The Kier molecular flexibility index (Phi) is 5.50. The Morgan fingerprint density at radius 2 is 1.21 bits per heavy atom. The number of para-hydroxylation sites is 2. The van der Waals surface area contributed by atoms with E-state index in [1.165, 1.54) is 58.7 Å². The Labute approximate surface area is 276 Å². The summed E-state index contributed by atoms with van der Waals surface area (Å²) in [6.07, 6.45) is 0. The van der Waals surface area contributed by atoms with Crippen LogP contribution in [0.2, 0.25) is 0 Å². The minimum Gasteiger partial charge on any atom is -0.309 e. The molecule has 0 fully saturated rings. The van der Waals surface area contributed by atoms with E-state index in [0.717, 1.165) is 34.0 Å². The molecule has 222 valence electrons. The lowest BCUT2D eigenvalue weighted by atomic mass is 9.80. The molecule has 6 aromatic carbocycles. The smallest absolute Gasteiger partial charge is 0.160 e. The molecule has 0 saturated carbocycles. The molecule has 0 N–H and O–H groups in total.